The van der Waals surface area contributed by atoms with Gasteiger partial charge in [-0.2, -0.15) is 0 Å². The van der Waals surface area contributed by atoms with Crippen molar-refractivity contribution in [3.8, 4) is 0 Å². The lowest BCUT2D eigenvalue weighted by Crippen LogP contribution is -2.54. The average molecular weight is 454 g/mol. The summed E-state index contributed by atoms with van der Waals surface area (Å²) in [5.41, 5.74) is 11.5. The van der Waals surface area contributed by atoms with Crippen LogP contribution in [0, 0.1) is 5.92 Å². The van der Waals surface area contributed by atoms with Crippen molar-refractivity contribution in [2.75, 3.05) is 6.54 Å². The number of carbonyl (C=O) groups is 5. The van der Waals surface area contributed by atoms with E-state index in [0.29, 0.717) is 5.69 Å². The molecule has 0 aliphatic heterocycles. The fourth-order valence-electron chi connectivity index (χ4n) is 2.79. The molecule has 178 valence electrons. The van der Waals surface area contributed by atoms with Crippen molar-refractivity contribution in [3.05, 3.63) is 18.2 Å². The molecule has 0 saturated carbocycles. The molecule has 0 fully saturated rings. The van der Waals surface area contributed by atoms with Crippen LogP contribution in [0.15, 0.2) is 12.5 Å². The van der Waals surface area contributed by atoms with Crippen molar-refractivity contribution in [2.45, 2.75) is 57.7 Å². The first kappa shape index (κ1) is 26.6. The Morgan fingerprint density at radius 3 is 2.34 bits per heavy atom. The monoisotopic (exact) mass is 453 g/mol. The van der Waals surface area contributed by atoms with Crippen LogP contribution in [0.3, 0.4) is 0 Å². The summed E-state index contributed by atoms with van der Waals surface area (Å²) in [7, 11) is 0. The first-order valence-electron chi connectivity index (χ1n) is 10.1. The van der Waals surface area contributed by atoms with E-state index in [0.717, 1.165) is 0 Å². The van der Waals surface area contributed by atoms with Gasteiger partial charge >= 0.3 is 5.97 Å². The number of hydrogen-bond donors (Lipinski definition) is 7. The van der Waals surface area contributed by atoms with Crippen LogP contribution in [0.5, 0.6) is 0 Å². The number of nitrogens with two attached hydrogens (primary N) is 2. The molecule has 1 rings (SSSR count). The Morgan fingerprint density at radius 2 is 1.81 bits per heavy atom. The third-order valence-corrected chi connectivity index (χ3v) is 4.41. The number of rotatable bonds is 14. The van der Waals surface area contributed by atoms with Crippen LogP contribution in [0.1, 0.15) is 38.8 Å². The molecule has 13 heteroatoms. The average Bonchev–Trinajstić information content (AvgIpc) is 3.20. The smallest absolute Gasteiger partial charge is 0.326 e. The molecule has 0 bridgehead atoms. The number of aromatic amines is 1. The van der Waals surface area contributed by atoms with Gasteiger partial charge in [0.2, 0.25) is 23.6 Å². The molecule has 3 atom stereocenters. The molecule has 32 heavy (non-hydrogen) atoms. The molecule has 4 amide bonds. The van der Waals surface area contributed by atoms with Gasteiger partial charge in [-0.1, -0.05) is 13.8 Å². The molecular weight excluding hydrogens is 422 g/mol. The minimum Gasteiger partial charge on any atom is -0.480 e. The molecular formula is C19H31N7O6. The SMILES string of the molecule is CC(C)CC(NC(=O)CNC(=O)C(N)Cc1cnc[nH]1)C(=O)NC(CCC(N)=O)C(=O)O. The Kier molecular flexibility index (Phi) is 10.8. The van der Waals surface area contributed by atoms with Crippen molar-refractivity contribution < 1.29 is 29.1 Å². The second-order valence-electron chi connectivity index (χ2n) is 7.76. The quantitative estimate of drug-likeness (QED) is 0.163. The zero-order chi connectivity index (χ0) is 24.3. The molecule has 0 aliphatic rings. The van der Waals surface area contributed by atoms with Crippen molar-refractivity contribution in [1.29, 1.82) is 0 Å². The predicted molar refractivity (Wildman–Crippen MR) is 113 cm³/mol. The van der Waals surface area contributed by atoms with E-state index in [1.807, 2.05) is 13.8 Å². The van der Waals surface area contributed by atoms with E-state index in [9.17, 15) is 29.1 Å². The summed E-state index contributed by atoms with van der Waals surface area (Å²) >= 11 is 0. The predicted octanol–water partition coefficient (Wildman–Crippen LogP) is -2.24. The van der Waals surface area contributed by atoms with Gasteiger partial charge in [-0.05, 0) is 18.8 Å². The highest BCUT2D eigenvalue weighted by atomic mass is 16.4. The standard InChI is InChI=1S/C19H31N7O6/c1-10(2)5-14(18(30)26-13(19(31)32)3-4-15(21)27)25-16(28)8-23-17(29)12(20)6-11-7-22-9-24-11/h7,9-10,12-14H,3-6,8,20H2,1-2H3,(H2,21,27)(H,22,24)(H,23,29)(H,25,28)(H,26,30)(H,31,32). The lowest BCUT2D eigenvalue weighted by molar-refractivity contribution is -0.142. The van der Waals surface area contributed by atoms with Gasteiger partial charge < -0.3 is 37.5 Å². The van der Waals surface area contributed by atoms with E-state index in [2.05, 4.69) is 25.9 Å². The molecule has 0 spiro atoms. The van der Waals surface area contributed by atoms with Gasteiger partial charge in [0.15, 0.2) is 0 Å². The zero-order valence-corrected chi connectivity index (χ0v) is 18.1. The summed E-state index contributed by atoms with van der Waals surface area (Å²) < 4.78 is 0. The first-order valence-corrected chi connectivity index (χ1v) is 10.1. The van der Waals surface area contributed by atoms with Crippen molar-refractivity contribution >= 4 is 29.6 Å². The summed E-state index contributed by atoms with van der Waals surface area (Å²) in [6.07, 6.45) is 3.02. The zero-order valence-electron chi connectivity index (χ0n) is 18.1. The molecule has 3 unspecified atom stereocenters. The number of aromatic nitrogens is 2. The topological polar surface area (TPSA) is 222 Å². The number of carbonyl (C=O) groups excluding carboxylic acids is 4. The highest BCUT2D eigenvalue weighted by Gasteiger charge is 2.27. The summed E-state index contributed by atoms with van der Waals surface area (Å²) in [4.78, 5) is 65.9. The normalized spacial score (nSPS) is 13.6. The highest BCUT2D eigenvalue weighted by molar-refractivity contribution is 5.92. The van der Waals surface area contributed by atoms with E-state index in [-0.39, 0.29) is 31.6 Å². The maximum atomic E-state index is 12.6. The second-order valence-corrected chi connectivity index (χ2v) is 7.76. The lowest BCUT2D eigenvalue weighted by atomic mass is 10.0. The Morgan fingerprint density at radius 1 is 1.12 bits per heavy atom. The van der Waals surface area contributed by atoms with Crippen molar-refractivity contribution in [1.82, 2.24) is 25.9 Å². The number of carboxylic acid groups (broad SMARTS) is 1. The number of amides is 4. The molecule has 0 radical (unpaired) electrons. The van der Waals surface area contributed by atoms with Crippen LogP contribution >= 0.6 is 0 Å². The van der Waals surface area contributed by atoms with Gasteiger partial charge in [-0.3, -0.25) is 19.2 Å². The van der Waals surface area contributed by atoms with Crippen LogP contribution < -0.4 is 27.4 Å². The van der Waals surface area contributed by atoms with Crippen LogP contribution in [0.4, 0.5) is 0 Å². The maximum Gasteiger partial charge on any atom is 0.326 e. The van der Waals surface area contributed by atoms with Crippen molar-refractivity contribution in [2.24, 2.45) is 17.4 Å². The Labute approximate surface area is 185 Å². The van der Waals surface area contributed by atoms with Crippen LogP contribution in [0.25, 0.3) is 0 Å². The number of primary amides is 1. The van der Waals surface area contributed by atoms with E-state index in [4.69, 9.17) is 11.5 Å². The Balaban J connectivity index is 2.63. The number of carboxylic acids is 1. The van der Waals surface area contributed by atoms with E-state index in [1.165, 1.54) is 12.5 Å². The molecule has 13 nitrogen and oxygen atoms in total. The number of hydrogen-bond acceptors (Lipinski definition) is 7. The molecule has 0 aromatic carbocycles. The number of nitrogens with one attached hydrogen (secondary N) is 4. The molecule has 1 aromatic heterocycles. The van der Waals surface area contributed by atoms with E-state index in [1.54, 1.807) is 0 Å². The highest BCUT2D eigenvalue weighted by Crippen LogP contribution is 2.07. The molecule has 1 aromatic rings. The van der Waals surface area contributed by atoms with Crippen LogP contribution in [0.2, 0.25) is 0 Å². The maximum absolute atomic E-state index is 12.6. The molecule has 1 heterocycles. The van der Waals surface area contributed by atoms with E-state index >= 15 is 0 Å². The summed E-state index contributed by atoms with van der Waals surface area (Å²) in [5.74, 6) is -3.94. The lowest BCUT2D eigenvalue weighted by Gasteiger charge is -2.23. The second kappa shape index (κ2) is 13.0. The van der Waals surface area contributed by atoms with Crippen molar-refractivity contribution in [3.63, 3.8) is 0 Å². The number of imidazole rings is 1. The number of aliphatic carboxylic acids is 1. The van der Waals surface area contributed by atoms with Crippen LogP contribution in [-0.2, 0) is 30.4 Å². The first-order chi connectivity index (χ1) is 15.0. The van der Waals surface area contributed by atoms with Gasteiger partial charge in [-0.15, -0.1) is 0 Å². The molecule has 0 saturated heterocycles. The summed E-state index contributed by atoms with van der Waals surface area (Å²) in [6, 6.07) is -3.27. The number of H-pyrrole nitrogens is 1. The van der Waals surface area contributed by atoms with Gasteiger partial charge in [0, 0.05) is 24.7 Å². The van der Waals surface area contributed by atoms with Gasteiger partial charge in [0.1, 0.15) is 12.1 Å². The third kappa shape index (κ3) is 10.0. The van der Waals surface area contributed by atoms with Gasteiger partial charge in [0.05, 0.1) is 18.9 Å². The molecule has 0 aliphatic carbocycles. The fourth-order valence-corrected chi connectivity index (χ4v) is 2.79. The molecule has 9 N–H and O–H groups in total. The third-order valence-electron chi connectivity index (χ3n) is 4.41. The minimum atomic E-state index is -1.33. The summed E-state index contributed by atoms with van der Waals surface area (Å²) in [6.45, 7) is 3.23. The summed E-state index contributed by atoms with van der Waals surface area (Å²) in [5, 5.41) is 16.4. The minimum absolute atomic E-state index is 0.00244. The fraction of sp³-hybridized carbons (Fsp3) is 0.579. The van der Waals surface area contributed by atoms with E-state index < -0.39 is 54.3 Å². The number of nitrogens with zero attached hydrogens (tertiary/aromatic N) is 1. The largest absolute Gasteiger partial charge is 0.480 e. The van der Waals surface area contributed by atoms with Gasteiger partial charge in [0.25, 0.3) is 0 Å². The van der Waals surface area contributed by atoms with Gasteiger partial charge in [-0.25, -0.2) is 9.78 Å². The Bertz CT molecular complexity index is 796. The Hall–Kier alpha value is -3.48. The van der Waals surface area contributed by atoms with Crippen LogP contribution in [-0.4, -0.2) is 69.3 Å².